The van der Waals surface area contributed by atoms with E-state index in [2.05, 4.69) is 41.5 Å². The Hall–Kier alpha value is -0.330. The lowest BCUT2D eigenvalue weighted by Crippen LogP contribution is -2.33. The molecule has 144 valence electrons. The smallest absolute Gasteiger partial charge is 0.139 e. The Labute approximate surface area is 153 Å². The number of rotatable bonds is 16. The van der Waals surface area contributed by atoms with Crippen LogP contribution in [0.4, 0.5) is 0 Å². The maximum Gasteiger partial charge on any atom is 0.139 e. The number of Topliss-reactive ketones (excluding diaryl/α,β-unsaturated/α-hetero) is 1. The van der Waals surface area contributed by atoms with E-state index in [1.54, 1.807) is 0 Å². The highest BCUT2D eigenvalue weighted by molar-refractivity contribution is 5.84. The molecule has 0 saturated carbocycles. The maximum atomic E-state index is 13.6. The Kier molecular flexibility index (Phi) is 14.8. The molecule has 0 aliphatic heterocycles. The Morgan fingerprint density at radius 1 is 0.583 bits per heavy atom. The maximum absolute atomic E-state index is 13.6. The summed E-state index contributed by atoms with van der Waals surface area (Å²) < 4.78 is 0. The molecule has 0 N–H and O–H groups in total. The van der Waals surface area contributed by atoms with Crippen molar-refractivity contribution < 1.29 is 4.79 Å². The summed E-state index contributed by atoms with van der Waals surface area (Å²) in [6.07, 6.45) is 14.4. The van der Waals surface area contributed by atoms with Crippen molar-refractivity contribution in [2.75, 3.05) is 0 Å². The highest BCUT2D eigenvalue weighted by atomic mass is 16.1. The second-order valence-corrected chi connectivity index (χ2v) is 7.81. The lowest BCUT2D eigenvalue weighted by molar-refractivity contribution is -0.131. The van der Waals surface area contributed by atoms with Gasteiger partial charge in [-0.1, -0.05) is 92.9 Å². The molecule has 1 heteroatoms. The molecule has 0 aromatic heterocycles. The van der Waals surface area contributed by atoms with Crippen LogP contribution in [0.15, 0.2) is 0 Å². The van der Waals surface area contributed by atoms with Gasteiger partial charge in [-0.15, -0.1) is 0 Å². The highest BCUT2D eigenvalue weighted by Crippen LogP contribution is 2.35. The predicted molar refractivity (Wildman–Crippen MR) is 108 cm³/mol. The summed E-state index contributed by atoms with van der Waals surface area (Å²) in [5.41, 5.74) is 0. The molecule has 4 unspecified atom stereocenters. The van der Waals surface area contributed by atoms with Crippen molar-refractivity contribution in [2.45, 2.75) is 119 Å². The van der Waals surface area contributed by atoms with Crippen molar-refractivity contribution >= 4 is 5.78 Å². The number of unbranched alkanes of at least 4 members (excludes halogenated alkanes) is 2. The standard InChI is InChI=1S/C23H46O/c1-7-13-17-19(11-5)21(15-9-3)23(24)22(16-10-4)20(12-6)18-14-8-2/h19-22H,7-18H2,1-6H3. The van der Waals surface area contributed by atoms with E-state index in [1.807, 2.05) is 0 Å². The van der Waals surface area contributed by atoms with Crippen LogP contribution in [-0.2, 0) is 4.79 Å². The van der Waals surface area contributed by atoms with E-state index in [9.17, 15) is 4.79 Å². The summed E-state index contributed by atoms with van der Waals surface area (Å²) in [4.78, 5) is 13.6. The molecule has 0 radical (unpaired) electrons. The third-order valence-electron chi connectivity index (χ3n) is 5.97. The van der Waals surface area contributed by atoms with Crippen LogP contribution in [0.25, 0.3) is 0 Å². The van der Waals surface area contributed by atoms with Gasteiger partial charge in [-0.05, 0) is 37.5 Å². The van der Waals surface area contributed by atoms with E-state index in [0.717, 1.165) is 25.7 Å². The van der Waals surface area contributed by atoms with Gasteiger partial charge < -0.3 is 0 Å². The highest BCUT2D eigenvalue weighted by Gasteiger charge is 2.34. The Balaban J connectivity index is 5.25. The van der Waals surface area contributed by atoms with Crippen molar-refractivity contribution in [3.8, 4) is 0 Å². The third-order valence-corrected chi connectivity index (χ3v) is 5.97. The van der Waals surface area contributed by atoms with E-state index in [4.69, 9.17) is 0 Å². The minimum Gasteiger partial charge on any atom is -0.299 e. The lowest BCUT2D eigenvalue weighted by atomic mass is 9.71. The summed E-state index contributed by atoms with van der Waals surface area (Å²) in [7, 11) is 0. The Morgan fingerprint density at radius 2 is 0.958 bits per heavy atom. The molecule has 0 spiro atoms. The summed E-state index contributed by atoms with van der Waals surface area (Å²) in [6, 6.07) is 0. The molecule has 0 aromatic rings. The van der Waals surface area contributed by atoms with Gasteiger partial charge in [0.25, 0.3) is 0 Å². The fourth-order valence-corrected chi connectivity index (χ4v) is 4.43. The van der Waals surface area contributed by atoms with E-state index < -0.39 is 0 Å². The zero-order chi connectivity index (χ0) is 18.4. The number of ketones is 1. The summed E-state index contributed by atoms with van der Waals surface area (Å²) in [5, 5.41) is 0. The molecule has 0 bridgehead atoms. The first-order chi connectivity index (χ1) is 11.6. The van der Waals surface area contributed by atoms with Crippen LogP contribution < -0.4 is 0 Å². The average molecular weight is 339 g/mol. The minimum absolute atomic E-state index is 0.318. The number of carbonyl (C=O) groups is 1. The molecular formula is C23H46O. The molecular weight excluding hydrogens is 292 g/mol. The van der Waals surface area contributed by atoms with Gasteiger partial charge >= 0.3 is 0 Å². The SMILES string of the molecule is CCCCC(CC)C(CCC)C(=O)C(CCC)C(CC)CCCC. The largest absolute Gasteiger partial charge is 0.299 e. The van der Waals surface area contributed by atoms with Crippen LogP contribution in [0, 0.1) is 23.7 Å². The van der Waals surface area contributed by atoms with Crippen LogP contribution in [-0.4, -0.2) is 5.78 Å². The molecule has 1 nitrogen and oxygen atoms in total. The third kappa shape index (κ3) is 8.17. The van der Waals surface area contributed by atoms with E-state index in [0.29, 0.717) is 29.5 Å². The summed E-state index contributed by atoms with van der Waals surface area (Å²) in [6.45, 7) is 13.6. The van der Waals surface area contributed by atoms with Gasteiger partial charge in [0.2, 0.25) is 0 Å². The molecule has 0 saturated heterocycles. The molecule has 0 aliphatic carbocycles. The van der Waals surface area contributed by atoms with Gasteiger partial charge in [0.05, 0.1) is 0 Å². The fraction of sp³-hybridized carbons (Fsp3) is 0.957. The van der Waals surface area contributed by atoms with Gasteiger partial charge in [-0.3, -0.25) is 4.79 Å². The molecule has 0 rings (SSSR count). The molecule has 4 atom stereocenters. The normalized spacial score (nSPS) is 16.6. The van der Waals surface area contributed by atoms with Gasteiger partial charge in [-0.2, -0.15) is 0 Å². The summed E-state index contributed by atoms with van der Waals surface area (Å²) >= 11 is 0. The van der Waals surface area contributed by atoms with Crippen LogP contribution in [0.2, 0.25) is 0 Å². The zero-order valence-electron chi connectivity index (χ0n) is 17.7. The quantitative estimate of drug-likeness (QED) is 0.280. The number of hydrogen-bond acceptors (Lipinski definition) is 1. The Morgan fingerprint density at radius 3 is 1.21 bits per heavy atom. The van der Waals surface area contributed by atoms with Gasteiger partial charge in [0.15, 0.2) is 0 Å². The van der Waals surface area contributed by atoms with Crippen LogP contribution >= 0.6 is 0 Å². The Bertz CT molecular complexity index is 268. The second kappa shape index (κ2) is 15.0. The van der Waals surface area contributed by atoms with Crippen LogP contribution in [0.5, 0.6) is 0 Å². The zero-order valence-corrected chi connectivity index (χ0v) is 17.7. The molecule has 0 aromatic carbocycles. The van der Waals surface area contributed by atoms with E-state index >= 15 is 0 Å². The van der Waals surface area contributed by atoms with E-state index in [1.165, 1.54) is 51.4 Å². The molecule has 0 aliphatic rings. The first kappa shape index (κ1) is 23.7. The van der Waals surface area contributed by atoms with Crippen molar-refractivity contribution in [3.63, 3.8) is 0 Å². The van der Waals surface area contributed by atoms with Gasteiger partial charge in [0.1, 0.15) is 5.78 Å². The number of carbonyl (C=O) groups excluding carboxylic acids is 1. The van der Waals surface area contributed by atoms with Crippen LogP contribution in [0.3, 0.4) is 0 Å². The van der Waals surface area contributed by atoms with Gasteiger partial charge in [-0.25, -0.2) is 0 Å². The van der Waals surface area contributed by atoms with Crippen molar-refractivity contribution in [2.24, 2.45) is 23.7 Å². The summed E-state index contributed by atoms with van der Waals surface area (Å²) in [5.74, 6) is 2.49. The molecule has 24 heavy (non-hydrogen) atoms. The second-order valence-electron chi connectivity index (χ2n) is 7.81. The molecule has 0 amide bonds. The fourth-order valence-electron chi connectivity index (χ4n) is 4.43. The minimum atomic E-state index is 0.318. The van der Waals surface area contributed by atoms with E-state index in [-0.39, 0.29) is 0 Å². The molecule has 0 heterocycles. The first-order valence-corrected chi connectivity index (χ1v) is 11.1. The lowest BCUT2D eigenvalue weighted by Gasteiger charge is -2.32. The van der Waals surface area contributed by atoms with Crippen molar-refractivity contribution in [3.05, 3.63) is 0 Å². The monoisotopic (exact) mass is 338 g/mol. The first-order valence-electron chi connectivity index (χ1n) is 11.1. The van der Waals surface area contributed by atoms with Gasteiger partial charge in [0, 0.05) is 11.8 Å². The molecule has 0 fully saturated rings. The van der Waals surface area contributed by atoms with Crippen molar-refractivity contribution in [1.29, 1.82) is 0 Å². The predicted octanol–water partition coefficient (Wildman–Crippen LogP) is 7.82. The van der Waals surface area contributed by atoms with Crippen molar-refractivity contribution in [1.82, 2.24) is 0 Å². The average Bonchev–Trinajstić information content (AvgIpc) is 2.60. The number of hydrogen-bond donors (Lipinski definition) is 0. The topological polar surface area (TPSA) is 17.1 Å². The van der Waals surface area contributed by atoms with Crippen LogP contribution in [0.1, 0.15) is 119 Å².